The van der Waals surface area contributed by atoms with Crippen molar-refractivity contribution in [3.63, 3.8) is 0 Å². The van der Waals surface area contributed by atoms with Crippen LogP contribution in [0, 0.1) is 0 Å². The first-order chi connectivity index (χ1) is 15.5. The molecule has 0 saturated carbocycles. The number of rotatable bonds is 6. The fourth-order valence-electron chi connectivity index (χ4n) is 4.56. The molecule has 3 atom stereocenters. The van der Waals surface area contributed by atoms with Crippen molar-refractivity contribution in [2.75, 3.05) is 6.61 Å². The second-order valence-electron chi connectivity index (χ2n) is 8.33. The zero-order chi connectivity index (χ0) is 22.3. The third-order valence-corrected chi connectivity index (χ3v) is 6.20. The Bertz CT molecular complexity index is 1140. The molecule has 0 aromatic heterocycles. The highest BCUT2D eigenvalue weighted by Gasteiger charge is 2.49. The van der Waals surface area contributed by atoms with Gasteiger partial charge in [0.2, 0.25) is 0 Å². The van der Waals surface area contributed by atoms with Gasteiger partial charge in [0.05, 0.1) is 18.8 Å². The first-order valence-electron chi connectivity index (χ1n) is 10.9. The molecule has 0 amide bonds. The molecule has 0 aliphatic carbocycles. The van der Waals surface area contributed by atoms with E-state index in [0.717, 1.165) is 22.3 Å². The first-order valence-corrected chi connectivity index (χ1v) is 10.9. The predicted molar refractivity (Wildman–Crippen MR) is 118 cm³/mol. The summed E-state index contributed by atoms with van der Waals surface area (Å²) in [5.41, 5.74) is 3.02. The lowest BCUT2D eigenvalue weighted by molar-refractivity contribution is 0.0197. The van der Waals surface area contributed by atoms with Crippen LogP contribution in [0.2, 0.25) is 0 Å². The summed E-state index contributed by atoms with van der Waals surface area (Å²) in [7, 11) is 0. The third kappa shape index (κ3) is 3.41. The molecule has 0 radical (unpaired) electrons. The van der Waals surface area contributed by atoms with Crippen molar-refractivity contribution in [2.24, 2.45) is 0 Å². The van der Waals surface area contributed by atoms with Gasteiger partial charge in [-0.05, 0) is 41.8 Å². The maximum absolute atomic E-state index is 10.1. The van der Waals surface area contributed by atoms with Crippen LogP contribution >= 0.6 is 0 Å². The lowest BCUT2D eigenvalue weighted by Crippen LogP contribution is -2.32. The highest BCUT2D eigenvalue weighted by atomic mass is 16.5. The van der Waals surface area contributed by atoms with E-state index in [4.69, 9.17) is 14.2 Å². The molecule has 3 aromatic rings. The average Bonchev–Trinajstić information content (AvgIpc) is 3.17. The Morgan fingerprint density at radius 1 is 0.938 bits per heavy atom. The molecule has 2 heterocycles. The molecule has 0 saturated heterocycles. The number of aliphatic hydroxyl groups is 2. The van der Waals surface area contributed by atoms with Crippen molar-refractivity contribution in [1.82, 2.24) is 0 Å². The van der Waals surface area contributed by atoms with Gasteiger partial charge < -0.3 is 29.5 Å². The van der Waals surface area contributed by atoms with E-state index in [1.54, 1.807) is 18.2 Å². The molecular weight excluding hydrogens is 408 g/mol. The fraction of sp³-hybridized carbons (Fsp3) is 0.308. The van der Waals surface area contributed by atoms with E-state index in [0.29, 0.717) is 30.3 Å². The van der Waals surface area contributed by atoms with E-state index in [1.807, 2.05) is 37.3 Å². The number of phenols is 1. The lowest BCUT2D eigenvalue weighted by Gasteiger charge is -2.37. The summed E-state index contributed by atoms with van der Waals surface area (Å²) >= 11 is 0. The molecule has 6 nitrogen and oxygen atoms in total. The Hall–Kier alpha value is -3.06. The van der Waals surface area contributed by atoms with Gasteiger partial charge in [0.15, 0.2) is 5.60 Å². The van der Waals surface area contributed by atoms with Gasteiger partial charge in [-0.15, -0.1) is 0 Å². The summed E-state index contributed by atoms with van der Waals surface area (Å²) < 4.78 is 18.4. The topological polar surface area (TPSA) is 88.4 Å². The molecule has 0 bridgehead atoms. The van der Waals surface area contributed by atoms with Crippen LogP contribution in [0.15, 0.2) is 60.7 Å². The van der Waals surface area contributed by atoms with E-state index in [-0.39, 0.29) is 18.8 Å². The lowest BCUT2D eigenvalue weighted by atomic mass is 9.77. The summed E-state index contributed by atoms with van der Waals surface area (Å²) in [6.07, 6.45) is -0.474. The van der Waals surface area contributed by atoms with E-state index in [1.165, 1.54) is 0 Å². The zero-order valence-electron chi connectivity index (χ0n) is 17.8. The maximum atomic E-state index is 10.1. The summed E-state index contributed by atoms with van der Waals surface area (Å²) in [5.74, 6) is 1.75. The van der Waals surface area contributed by atoms with Crippen LogP contribution in [-0.2, 0) is 16.9 Å². The van der Waals surface area contributed by atoms with Crippen LogP contribution in [0.25, 0.3) is 0 Å². The molecule has 166 valence electrons. The smallest absolute Gasteiger partial charge is 0.151 e. The normalized spacial score (nSPS) is 20.1. The molecule has 5 rings (SSSR count). The second kappa shape index (κ2) is 8.13. The number of hydrogen-bond acceptors (Lipinski definition) is 6. The Kier molecular flexibility index (Phi) is 5.29. The van der Waals surface area contributed by atoms with Gasteiger partial charge in [-0.1, -0.05) is 31.2 Å². The summed E-state index contributed by atoms with van der Waals surface area (Å²) in [5, 5.41) is 29.9. The Morgan fingerprint density at radius 3 is 2.50 bits per heavy atom. The van der Waals surface area contributed by atoms with Crippen molar-refractivity contribution in [2.45, 2.75) is 44.2 Å². The van der Waals surface area contributed by atoms with Gasteiger partial charge in [0, 0.05) is 29.7 Å². The number of aromatic hydroxyl groups is 1. The van der Waals surface area contributed by atoms with Gasteiger partial charge in [-0.2, -0.15) is 0 Å². The molecule has 32 heavy (non-hydrogen) atoms. The highest BCUT2D eigenvalue weighted by Crippen LogP contribution is 2.56. The van der Waals surface area contributed by atoms with Gasteiger partial charge in [-0.3, -0.25) is 0 Å². The van der Waals surface area contributed by atoms with Crippen molar-refractivity contribution in [3.8, 4) is 23.0 Å². The van der Waals surface area contributed by atoms with Crippen molar-refractivity contribution in [3.05, 3.63) is 82.9 Å². The van der Waals surface area contributed by atoms with E-state index in [2.05, 4.69) is 12.1 Å². The van der Waals surface area contributed by atoms with Crippen molar-refractivity contribution in [1.29, 1.82) is 0 Å². The quantitative estimate of drug-likeness (QED) is 0.538. The minimum absolute atomic E-state index is 0.0672. The monoisotopic (exact) mass is 434 g/mol. The molecule has 3 unspecified atom stereocenters. The minimum atomic E-state index is -0.837. The number of ether oxygens (including phenoxy) is 3. The van der Waals surface area contributed by atoms with Crippen LogP contribution in [0.4, 0.5) is 0 Å². The average molecular weight is 434 g/mol. The number of hydrogen-bond donors (Lipinski definition) is 3. The van der Waals surface area contributed by atoms with Gasteiger partial charge in [0.1, 0.15) is 29.6 Å². The van der Waals surface area contributed by atoms with Crippen LogP contribution < -0.4 is 9.47 Å². The Balaban J connectivity index is 1.52. The molecule has 3 N–H and O–H groups in total. The van der Waals surface area contributed by atoms with Crippen LogP contribution in [0.3, 0.4) is 0 Å². The summed E-state index contributed by atoms with van der Waals surface area (Å²) in [4.78, 5) is 0. The second-order valence-corrected chi connectivity index (χ2v) is 8.33. The van der Waals surface area contributed by atoms with E-state index >= 15 is 0 Å². The number of benzene rings is 3. The molecule has 0 fully saturated rings. The molecule has 1 spiro atoms. The molecule has 2 aliphatic rings. The fourth-order valence-corrected chi connectivity index (χ4v) is 4.56. The maximum Gasteiger partial charge on any atom is 0.151 e. The van der Waals surface area contributed by atoms with Crippen molar-refractivity contribution < 1.29 is 29.5 Å². The number of fused-ring (bicyclic) bond motifs is 6. The largest absolute Gasteiger partial charge is 0.508 e. The van der Waals surface area contributed by atoms with Crippen LogP contribution in [0.1, 0.15) is 42.0 Å². The zero-order valence-corrected chi connectivity index (χ0v) is 17.8. The third-order valence-electron chi connectivity index (χ3n) is 6.20. The van der Waals surface area contributed by atoms with Gasteiger partial charge >= 0.3 is 0 Å². The molecule has 2 aliphatic heterocycles. The standard InChI is InChI=1S/C26H26O6/c1-2-17(27)11-19(29)15-30-20-8-10-23-25(13-20)32-24-12-18(28)7-9-22(24)26(23)21-6-4-3-5-16(21)14-31-26/h3-10,12-13,17,19,27-29H,2,11,14-15H2,1H3. The first kappa shape index (κ1) is 20.8. The minimum Gasteiger partial charge on any atom is -0.508 e. The van der Waals surface area contributed by atoms with E-state index in [9.17, 15) is 15.3 Å². The summed E-state index contributed by atoms with van der Waals surface area (Å²) in [6.45, 7) is 2.41. The highest BCUT2D eigenvalue weighted by molar-refractivity contribution is 5.65. The van der Waals surface area contributed by atoms with Gasteiger partial charge in [-0.25, -0.2) is 0 Å². The Labute approximate surface area is 186 Å². The molecule has 6 heteroatoms. The number of aliphatic hydroxyl groups excluding tert-OH is 2. The molecule has 3 aromatic carbocycles. The SMILES string of the molecule is CCC(O)CC(O)COc1ccc2c(c1)Oc1cc(O)ccc1C21OCc2ccccc21. The van der Waals surface area contributed by atoms with E-state index < -0.39 is 17.8 Å². The predicted octanol–water partition coefficient (Wildman–Crippen LogP) is 4.22. The molecular formula is C26H26O6. The number of phenolic OH excluding ortho intramolecular Hbond substituents is 1. The Morgan fingerprint density at radius 2 is 1.69 bits per heavy atom. The van der Waals surface area contributed by atoms with Crippen LogP contribution in [0.5, 0.6) is 23.0 Å². The van der Waals surface area contributed by atoms with Crippen molar-refractivity contribution >= 4 is 0 Å². The van der Waals surface area contributed by atoms with Gasteiger partial charge in [0.25, 0.3) is 0 Å². The summed E-state index contributed by atoms with van der Waals surface area (Å²) in [6, 6.07) is 18.7. The van der Waals surface area contributed by atoms with Crippen LogP contribution in [-0.4, -0.2) is 34.1 Å².